The van der Waals surface area contributed by atoms with Crippen LogP contribution >= 0.6 is 0 Å². The van der Waals surface area contributed by atoms with Crippen molar-refractivity contribution < 1.29 is 13.2 Å². The van der Waals surface area contributed by atoms with E-state index in [1.807, 2.05) is 54.6 Å². The molecule has 0 unspecified atom stereocenters. The molecule has 160 valence electrons. The van der Waals surface area contributed by atoms with Crippen molar-refractivity contribution in [3.05, 3.63) is 96.1 Å². The molecule has 0 aliphatic carbocycles. The zero-order chi connectivity index (χ0) is 21.7. The molecule has 0 saturated carbocycles. The summed E-state index contributed by atoms with van der Waals surface area (Å²) in [6.07, 6.45) is 2.78. The first-order valence-corrected chi connectivity index (χ1v) is 12.0. The Hall–Kier alpha value is -2.96. The van der Waals surface area contributed by atoms with Crippen LogP contribution in [0.25, 0.3) is 0 Å². The highest BCUT2D eigenvalue weighted by Gasteiger charge is 2.37. The van der Waals surface area contributed by atoms with Gasteiger partial charge >= 0.3 is 0 Å². The molecule has 0 bridgehead atoms. The standard InChI is InChI=1S/C25H26N2O3S/c28-25(26-23-16-8-7-13-21(23)19-20-11-3-1-4-12-20)24-17-9-10-18-27(24)31(29,30)22-14-5-2-6-15-22/h1-8,11-16,24H,9-10,17-19H2,(H,26,28)/t24-/m0/s1. The van der Waals surface area contributed by atoms with E-state index < -0.39 is 16.1 Å². The molecule has 3 aromatic rings. The molecular formula is C25H26N2O3S. The lowest BCUT2D eigenvalue weighted by Gasteiger charge is -2.33. The van der Waals surface area contributed by atoms with Crippen LogP contribution < -0.4 is 5.32 Å². The molecular weight excluding hydrogens is 408 g/mol. The Labute approximate surface area is 183 Å². The van der Waals surface area contributed by atoms with Gasteiger partial charge in [-0.2, -0.15) is 4.31 Å². The molecule has 4 rings (SSSR count). The average molecular weight is 435 g/mol. The van der Waals surface area contributed by atoms with Gasteiger partial charge in [0.05, 0.1) is 4.90 Å². The quantitative estimate of drug-likeness (QED) is 0.623. The fourth-order valence-electron chi connectivity index (χ4n) is 4.01. The van der Waals surface area contributed by atoms with Crippen molar-refractivity contribution in [1.82, 2.24) is 4.31 Å². The minimum atomic E-state index is -3.73. The van der Waals surface area contributed by atoms with Crippen LogP contribution in [0.4, 0.5) is 5.69 Å². The summed E-state index contributed by atoms with van der Waals surface area (Å²) in [7, 11) is -3.73. The second-order valence-electron chi connectivity index (χ2n) is 7.75. The molecule has 0 aromatic heterocycles. The third-order valence-electron chi connectivity index (χ3n) is 5.62. The minimum absolute atomic E-state index is 0.221. The minimum Gasteiger partial charge on any atom is -0.324 e. The average Bonchev–Trinajstić information content (AvgIpc) is 2.81. The Morgan fingerprint density at radius 1 is 0.871 bits per heavy atom. The van der Waals surface area contributed by atoms with Crippen LogP contribution in [0.5, 0.6) is 0 Å². The van der Waals surface area contributed by atoms with E-state index in [-0.39, 0.29) is 10.8 Å². The topological polar surface area (TPSA) is 66.5 Å². The first-order valence-electron chi connectivity index (χ1n) is 10.6. The van der Waals surface area contributed by atoms with Crippen molar-refractivity contribution in [2.75, 3.05) is 11.9 Å². The Morgan fingerprint density at radius 3 is 2.26 bits per heavy atom. The number of carbonyl (C=O) groups is 1. The van der Waals surface area contributed by atoms with E-state index in [1.54, 1.807) is 30.3 Å². The lowest BCUT2D eigenvalue weighted by Crippen LogP contribution is -2.49. The number of para-hydroxylation sites is 1. The van der Waals surface area contributed by atoms with Crippen molar-refractivity contribution in [1.29, 1.82) is 0 Å². The van der Waals surface area contributed by atoms with Crippen LogP contribution in [0.15, 0.2) is 89.8 Å². The molecule has 1 amide bonds. The summed E-state index contributed by atoms with van der Waals surface area (Å²) in [6, 6.07) is 25.4. The summed E-state index contributed by atoms with van der Waals surface area (Å²) in [5, 5.41) is 3.01. The molecule has 1 fully saturated rings. The van der Waals surface area contributed by atoms with Gasteiger partial charge in [0.25, 0.3) is 0 Å². The smallest absolute Gasteiger partial charge is 0.243 e. The molecule has 5 nitrogen and oxygen atoms in total. The molecule has 1 N–H and O–H groups in total. The van der Waals surface area contributed by atoms with E-state index >= 15 is 0 Å². The molecule has 1 saturated heterocycles. The van der Waals surface area contributed by atoms with E-state index in [4.69, 9.17) is 0 Å². The van der Waals surface area contributed by atoms with E-state index in [1.165, 1.54) is 4.31 Å². The molecule has 1 aliphatic rings. The monoisotopic (exact) mass is 434 g/mol. The third kappa shape index (κ3) is 4.86. The normalized spacial score (nSPS) is 17.2. The summed E-state index contributed by atoms with van der Waals surface area (Å²) >= 11 is 0. The zero-order valence-corrected chi connectivity index (χ0v) is 18.1. The van der Waals surface area contributed by atoms with Gasteiger partial charge in [-0.15, -0.1) is 0 Å². The largest absolute Gasteiger partial charge is 0.324 e. The van der Waals surface area contributed by atoms with Gasteiger partial charge in [0, 0.05) is 12.2 Å². The van der Waals surface area contributed by atoms with E-state index in [0.29, 0.717) is 19.4 Å². The lowest BCUT2D eigenvalue weighted by atomic mass is 10.0. The summed E-state index contributed by atoms with van der Waals surface area (Å²) < 4.78 is 27.8. The third-order valence-corrected chi connectivity index (χ3v) is 7.54. The van der Waals surface area contributed by atoms with Crippen molar-refractivity contribution in [3.8, 4) is 0 Å². The molecule has 6 heteroatoms. The molecule has 31 heavy (non-hydrogen) atoms. The lowest BCUT2D eigenvalue weighted by molar-refractivity contribution is -0.120. The Kier molecular flexibility index (Phi) is 6.49. The van der Waals surface area contributed by atoms with Crippen molar-refractivity contribution >= 4 is 21.6 Å². The number of hydrogen-bond donors (Lipinski definition) is 1. The number of piperidine rings is 1. The number of rotatable bonds is 6. The number of amides is 1. The molecule has 0 radical (unpaired) electrons. The van der Waals surface area contributed by atoms with E-state index in [2.05, 4.69) is 5.32 Å². The second kappa shape index (κ2) is 9.45. The van der Waals surface area contributed by atoms with Crippen molar-refractivity contribution in [3.63, 3.8) is 0 Å². The van der Waals surface area contributed by atoms with Gasteiger partial charge in [-0.25, -0.2) is 8.42 Å². The molecule has 1 heterocycles. The summed E-state index contributed by atoms with van der Waals surface area (Å²) in [5.74, 6) is -0.278. The van der Waals surface area contributed by atoms with Crippen molar-refractivity contribution in [2.45, 2.75) is 36.6 Å². The van der Waals surface area contributed by atoms with Gasteiger partial charge in [0.15, 0.2) is 0 Å². The molecule has 3 aromatic carbocycles. The molecule has 0 spiro atoms. The number of hydrogen-bond acceptors (Lipinski definition) is 3. The number of carbonyl (C=O) groups excluding carboxylic acids is 1. The van der Waals surface area contributed by atoms with Crippen LogP contribution in [0.2, 0.25) is 0 Å². The summed E-state index contributed by atoms with van der Waals surface area (Å²) in [4.78, 5) is 13.5. The zero-order valence-electron chi connectivity index (χ0n) is 17.3. The second-order valence-corrected chi connectivity index (χ2v) is 9.64. The van der Waals surface area contributed by atoms with Crippen molar-refractivity contribution in [2.24, 2.45) is 0 Å². The maximum atomic E-state index is 13.2. The number of anilines is 1. The number of benzene rings is 3. The highest BCUT2D eigenvalue weighted by atomic mass is 32.2. The maximum absolute atomic E-state index is 13.2. The van der Waals surface area contributed by atoms with Crippen LogP contribution in [0, 0.1) is 0 Å². The van der Waals surface area contributed by atoms with Gasteiger partial charge in [-0.05, 0) is 48.6 Å². The highest BCUT2D eigenvalue weighted by Crippen LogP contribution is 2.27. The SMILES string of the molecule is O=C(Nc1ccccc1Cc1ccccc1)[C@@H]1CCCCN1S(=O)(=O)c1ccccc1. The van der Waals surface area contributed by atoms with E-state index in [0.717, 1.165) is 29.7 Å². The number of sulfonamides is 1. The summed E-state index contributed by atoms with van der Waals surface area (Å²) in [6.45, 7) is 0.348. The van der Waals surface area contributed by atoms with Crippen LogP contribution in [0.3, 0.4) is 0 Å². The Bertz CT molecular complexity index is 1130. The predicted octanol–water partition coefficient (Wildman–Crippen LogP) is 4.46. The molecule has 1 aliphatic heterocycles. The van der Waals surface area contributed by atoms with Crippen LogP contribution in [0.1, 0.15) is 30.4 Å². The Morgan fingerprint density at radius 2 is 1.52 bits per heavy atom. The predicted molar refractivity (Wildman–Crippen MR) is 122 cm³/mol. The molecule has 1 atom stereocenters. The first-order chi connectivity index (χ1) is 15.1. The van der Waals surface area contributed by atoms with Gasteiger partial charge in [0.2, 0.25) is 15.9 Å². The fourth-order valence-corrected chi connectivity index (χ4v) is 5.69. The highest BCUT2D eigenvalue weighted by molar-refractivity contribution is 7.89. The maximum Gasteiger partial charge on any atom is 0.243 e. The van der Waals surface area contributed by atoms with Gasteiger partial charge < -0.3 is 5.32 Å². The Balaban J connectivity index is 1.56. The van der Waals surface area contributed by atoms with Gasteiger partial charge in [-0.3, -0.25) is 4.79 Å². The number of nitrogens with zero attached hydrogens (tertiary/aromatic N) is 1. The number of nitrogens with one attached hydrogen (secondary N) is 1. The van der Waals surface area contributed by atoms with E-state index in [9.17, 15) is 13.2 Å². The van der Waals surface area contributed by atoms with Gasteiger partial charge in [-0.1, -0.05) is 73.2 Å². The first kappa shape index (κ1) is 21.3. The van der Waals surface area contributed by atoms with Gasteiger partial charge in [0.1, 0.15) is 6.04 Å². The van der Waals surface area contributed by atoms with Crippen LogP contribution in [-0.4, -0.2) is 31.2 Å². The van der Waals surface area contributed by atoms with Crippen LogP contribution in [-0.2, 0) is 21.2 Å². The summed E-state index contributed by atoms with van der Waals surface area (Å²) in [5.41, 5.74) is 2.87. The fraction of sp³-hybridized carbons (Fsp3) is 0.240.